The van der Waals surface area contributed by atoms with Gasteiger partial charge >= 0.3 is 5.97 Å². The second-order valence-corrected chi connectivity index (χ2v) is 6.41. The smallest absolute Gasteiger partial charge is 0.350 e. The highest BCUT2D eigenvalue weighted by Gasteiger charge is 2.40. The molecule has 0 spiro atoms. The fourth-order valence-corrected chi connectivity index (χ4v) is 3.75. The highest BCUT2D eigenvalue weighted by atomic mass is 32.1. The first-order chi connectivity index (χ1) is 10.0. The Morgan fingerprint density at radius 2 is 2.29 bits per heavy atom. The molecule has 1 amide bonds. The van der Waals surface area contributed by atoms with E-state index < -0.39 is 5.97 Å². The van der Waals surface area contributed by atoms with Gasteiger partial charge < -0.3 is 15.4 Å². The lowest BCUT2D eigenvalue weighted by Gasteiger charge is -2.26. The van der Waals surface area contributed by atoms with Crippen molar-refractivity contribution in [1.29, 1.82) is 0 Å². The molecule has 0 aliphatic carbocycles. The number of rotatable bonds is 5. The van der Waals surface area contributed by atoms with E-state index in [0.29, 0.717) is 17.1 Å². The summed E-state index contributed by atoms with van der Waals surface area (Å²) in [5.41, 5.74) is 1.13. The average molecular weight is 310 g/mol. The third-order valence-corrected chi connectivity index (χ3v) is 5.12. The lowest BCUT2D eigenvalue weighted by Crippen LogP contribution is -2.38. The van der Waals surface area contributed by atoms with Crippen LogP contribution in [0.2, 0.25) is 0 Å². The topological polar surface area (TPSA) is 67.4 Å². The maximum atomic E-state index is 12.7. The first-order valence-corrected chi connectivity index (χ1v) is 8.10. The zero-order chi connectivity index (χ0) is 15.5. The van der Waals surface area contributed by atoms with Gasteiger partial charge in [0.15, 0.2) is 0 Å². The van der Waals surface area contributed by atoms with Crippen LogP contribution in [0.25, 0.3) is 0 Å². The Morgan fingerprint density at radius 3 is 2.86 bits per heavy atom. The molecule has 1 saturated heterocycles. The van der Waals surface area contributed by atoms with Crippen molar-refractivity contribution >= 4 is 28.9 Å². The molecular weight excluding hydrogens is 288 g/mol. The van der Waals surface area contributed by atoms with Crippen LogP contribution < -0.4 is 10.6 Å². The van der Waals surface area contributed by atoms with Crippen molar-refractivity contribution in [3.05, 3.63) is 15.8 Å². The van der Waals surface area contributed by atoms with Gasteiger partial charge in [0.1, 0.15) is 4.88 Å². The van der Waals surface area contributed by atoms with Crippen LogP contribution in [0.5, 0.6) is 0 Å². The third-order valence-electron chi connectivity index (χ3n) is 4.04. The summed E-state index contributed by atoms with van der Waals surface area (Å²) in [5.74, 6) is -0.404. The number of aryl methyl sites for hydroxylation is 1. The molecule has 1 aliphatic heterocycles. The number of anilines is 1. The van der Waals surface area contributed by atoms with E-state index in [-0.39, 0.29) is 11.3 Å². The number of amides is 1. The van der Waals surface area contributed by atoms with Crippen LogP contribution in [0.1, 0.15) is 41.4 Å². The Hall–Kier alpha value is -1.40. The molecule has 0 saturated carbocycles. The second kappa shape index (κ2) is 6.58. The van der Waals surface area contributed by atoms with Gasteiger partial charge in [-0.25, -0.2) is 4.79 Å². The monoisotopic (exact) mass is 310 g/mol. The van der Waals surface area contributed by atoms with Gasteiger partial charge in [0.25, 0.3) is 0 Å². The first-order valence-electron chi connectivity index (χ1n) is 7.22. The molecule has 1 aliphatic rings. The number of methoxy groups -OCH3 is 1. The number of hydrogen-bond donors (Lipinski definition) is 2. The maximum absolute atomic E-state index is 12.7. The summed E-state index contributed by atoms with van der Waals surface area (Å²) in [6.07, 6.45) is 2.65. The Bertz CT molecular complexity index is 533. The summed E-state index contributed by atoms with van der Waals surface area (Å²) in [7, 11) is 1.35. The molecule has 2 N–H and O–H groups in total. The van der Waals surface area contributed by atoms with Crippen molar-refractivity contribution in [1.82, 2.24) is 5.32 Å². The molecule has 21 heavy (non-hydrogen) atoms. The van der Waals surface area contributed by atoms with Crippen LogP contribution in [0.3, 0.4) is 0 Å². The van der Waals surface area contributed by atoms with Crippen molar-refractivity contribution in [2.75, 3.05) is 25.5 Å². The average Bonchev–Trinajstić information content (AvgIpc) is 3.08. The van der Waals surface area contributed by atoms with Crippen molar-refractivity contribution in [3.63, 3.8) is 0 Å². The predicted molar refractivity (Wildman–Crippen MR) is 83.9 cm³/mol. The van der Waals surface area contributed by atoms with Gasteiger partial charge in [0.05, 0.1) is 18.2 Å². The van der Waals surface area contributed by atoms with Gasteiger partial charge in [-0.1, -0.05) is 13.3 Å². The van der Waals surface area contributed by atoms with Crippen molar-refractivity contribution in [2.45, 2.75) is 33.1 Å². The second-order valence-electron chi connectivity index (χ2n) is 5.53. The molecule has 1 unspecified atom stereocenters. The first kappa shape index (κ1) is 16.0. The minimum Gasteiger partial charge on any atom is -0.465 e. The summed E-state index contributed by atoms with van der Waals surface area (Å²) in [6.45, 7) is 5.53. The Kier molecular flexibility index (Phi) is 5.00. The zero-order valence-electron chi connectivity index (χ0n) is 12.7. The van der Waals surface area contributed by atoms with E-state index in [0.717, 1.165) is 31.4 Å². The molecule has 6 heteroatoms. The molecule has 1 atom stereocenters. The highest BCUT2D eigenvalue weighted by molar-refractivity contribution is 7.12. The van der Waals surface area contributed by atoms with E-state index in [1.54, 1.807) is 0 Å². The minimum atomic E-state index is -0.405. The van der Waals surface area contributed by atoms with Gasteiger partial charge in [-0.05, 0) is 37.3 Å². The SMILES string of the molecule is CCCC1(C(=O)Nc2c(C)csc2C(=O)OC)CCNC1. The molecule has 0 radical (unpaired) electrons. The third kappa shape index (κ3) is 3.11. The highest BCUT2D eigenvalue weighted by Crippen LogP contribution is 2.35. The molecule has 2 rings (SSSR count). The van der Waals surface area contributed by atoms with Crippen LogP contribution >= 0.6 is 11.3 Å². The molecule has 116 valence electrons. The molecular formula is C15H22N2O3S. The maximum Gasteiger partial charge on any atom is 0.350 e. The minimum absolute atomic E-state index is 0.000929. The molecule has 1 aromatic heterocycles. The summed E-state index contributed by atoms with van der Waals surface area (Å²) >= 11 is 1.30. The predicted octanol–water partition coefficient (Wildman–Crippen LogP) is 2.56. The van der Waals surface area contributed by atoms with Crippen LogP contribution in [-0.2, 0) is 9.53 Å². The Balaban J connectivity index is 2.23. The van der Waals surface area contributed by atoms with Crippen LogP contribution in [-0.4, -0.2) is 32.1 Å². The van der Waals surface area contributed by atoms with Crippen LogP contribution in [0, 0.1) is 12.3 Å². The van der Waals surface area contributed by atoms with E-state index in [1.807, 2.05) is 12.3 Å². The molecule has 0 bridgehead atoms. The van der Waals surface area contributed by atoms with Crippen LogP contribution in [0.15, 0.2) is 5.38 Å². The summed E-state index contributed by atoms with van der Waals surface area (Å²) < 4.78 is 4.78. The molecule has 2 heterocycles. The Morgan fingerprint density at radius 1 is 1.52 bits per heavy atom. The Labute approximate surface area is 129 Å². The number of thiophene rings is 1. The van der Waals surface area contributed by atoms with Gasteiger partial charge in [-0.3, -0.25) is 4.79 Å². The van der Waals surface area contributed by atoms with E-state index in [1.165, 1.54) is 18.4 Å². The van der Waals surface area contributed by atoms with Crippen molar-refractivity contribution in [3.8, 4) is 0 Å². The van der Waals surface area contributed by atoms with Gasteiger partial charge in [0, 0.05) is 6.54 Å². The zero-order valence-corrected chi connectivity index (χ0v) is 13.6. The normalized spacial score (nSPS) is 21.3. The largest absolute Gasteiger partial charge is 0.465 e. The van der Waals surface area contributed by atoms with E-state index in [4.69, 9.17) is 4.74 Å². The molecule has 1 fully saturated rings. The summed E-state index contributed by atoms with van der Waals surface area (Å²) in [4.78, 5) is 25.0. The fourth-order valence-electron chi connectivity index (χ4n) is 2.83. The number of ether oxygens (including phenoxy) is 1. The van der Waals surface area contributed by atoms with Crippen molar-refractivity contribution < 1.29 is 14.3 Å². The number of carbonyl (C=O) groups excluding carboxylic acids is 2. The molecule has 5 nitrogen and oxygen atoms in total. The molecule has 1 aromatic rings. The lowest BCUT2D eigenvalue weighted by molar-refractivity contribution is -0.125. The summed E-state index contributed by atoms with van der Waals surface area (Å²) in [5, 5.41) is 8.11. The number of carbonyl (C=O) groups is 2. The van der Waals surface area contributed by atoms with Gasteiger partial charge in [-0.15, -0.1) is 11.3 Å². The van der Waals surface area contributed by atoms with Gasteiger partial charge in [-0.2, -0.15) is 0 Å². The van der Waals surface area contributed by atoms with E-state index in [2.05, 4.69) is 17.6 Å². The number of hydrogen-bond acceptors (Lipinski definition) is 5. The van der Waals surface area contributed by atoms with Crippen molar-refractivity contribution in [2.24, 2.45) is 5.41 Å². The fraction of sp³-hybridized carbons (Fsp3) is 0.600. The number of esters is 1. The number of nitrogens with one attached hydrogen (secondary N) is 2. The molecule has 0 aromatic carbocycles. The van der Waals surface area contributed by atoms with Gasteiger partial charge in [0.2, 0.25) is 5.91 Å². The van der Waals surface area contributed by atoms with E-state index >= 15 is 0 Å². The lowest BCUT2D eigenvalue weighted by atomic mass is 9.81. The quantitative estimate of drug-likeness (QED) is 0.820. The van der Waals surface area contributed by atoms with Crippen LogP contribution in [0.4, 0.5) is 5.69 Å². The summed E-state index contributed by atoms with van der Waals surface area (Å²) in [6, 6.07) is 0. The standard InChI is InChI=1S/C15H22N2O3S/c1-4-5-15(6-7-16-9-15)14(19)17-11-10(2)8-21-12(11)13(18)20-3/h8,16H,4-7,9H2,1-3H3,(H,17,19). The van der Waals surface area contributed by atoms with E-state index in [9.17, 15) is 9.59 Å².